The monoisotopic (exact) mass is 262 g/mol. The summed E-state index contributed by atoms with van der Waals surface area (Å²) < 4.78 is 0. The molecule has 1 N–H and O–H groups in total. The van der Waals surface area contributed by atoms with Gasteiger partial charge in [0, 0.05) is 25.0 Å². The summed E-state index contributed by atoms with van der Waals surface area (Å²) in [6.07, 6.45) is 0. The average Bonchev–Trinajstić information content (AvgIpc) is 2.76. The fourth-order valence-corrected chi connectivity index (χ4v) is 3.12. The Hall–Kier alpha value is -0.360. The van der Waals surface area contributed by atoms with Gasteiger partial charge in [-0.15, -0.1) is 11.8 Å². The number of thioether (sulfide) groups is 2. The lowest BCUT2D eigenvalue weighted by Crippen LogP contribution is -2.48. The van der Waals surface area contributed by atoms with Crippen molar-refractivity contribution in [2.75, 3.05) is 29.7 Å². The van der Waals surface area contributed by atoms with E-state index >= 15 is 0 Å². The summed E-state index contributed by atoms with van der Waals surface area (Å²) >= 11 is 3.43. The zero-order chi connectivity index (χ0) is 12.0. The van der Waals surface area contributed by atoms with E-state index in [1.807, 2.05) is 11.8 Å². The molecule has 1 unspecified atom stereocenters. The van der Waals surface area contributed by atoms with Crippen LogP contribution < -0.4 is 5.32 Å². The maximum absolute atomic E-state index is 12.1. The minimum absolute atomic E-state index is 0.0566. The minimum Gasteiger partial charge on any atom is -0.344 e. The van der Waals surface area contributed by atoms with E-state index in [0.717, 1.165) is 23.9 Å². The van der Waals surface area contributed by atoms with Gasteiger partial charge >= 0.3 is 0 Å². The van der Waals surface area contributed by atoms with Crippen molar-refractivity contribution in [2.45, 2.75) is 19.9 Å². The van der Waals surface area contributed by atoms with E-state index in [9.17, 15) is 9.59 Å². The lowest BCUT2D eigenvalue weighted by molar-refractivity contribution is -0.134. The van der Waals surface area contributed by atoms with Crippen LogP contribution in [0.15, 0.2) is 0 Å². The van der Waals surface area contributed by atoms with Gasteiger partial charge in [-0.2, -0.15) is 11.8 Å². The fourth-order valence-electron chi connectivity index (χ4n) is 1.46. The molecule has 0 bridgehead atoms. The van der Waals surface area contributed by atoms with E-state index in [0.29, 0.717) is 5.75 Å². The molecule has 1 fully saturated rings. The number of nitrogens with one attached hydrogen (secondary N) is 1. The third-order valence-electron chi connectivity index (χ3n) is 2.23. The van der Waals surface area contributed by atoms with E-state index < -0.39 is 0 Å². The van der Waals surface area contributed by atoms with E-state index in [4.69, 9.17) is 0 Å². The van der Waals surface area contributed by atoms with Gasteiger partial charge in [0.1, 0.15) is 6.04 Å². The Morgan fingerprint density at radius 3 is 2.81 bits per heavy atom. The molecule has 4 nitrogen and oxygen atoms in total. The number of nitrogens with zero attached hydrogens (tertiary/aromatic N) is 1. The van der Waals surface area contributed by atoms with Crippen LogP contribution in [-0.2, 0) is 9.59 Å². The van der Waals surface area contributed by atoms with Crippen LogP contribution >= 0.6 is 23.5 Å². The second-order valence-corrected chi connectivity index (χ2v) is 5.95. The molecule has 1 atom stereocenters. The molecule has 92 valence electrons. The summed E-state index contributed by atoms with van der Waals surface area (Å²) in [6.45, 7) is 4.30. The average molecular weight is 262 g/mol. The second kappa shape index (κ2) is 7.06. The summed E-state index contributed by atoms with van der Waals surface area (Å²) in [5, 5.41) is 2.73. The Bertz CT molecular complexity index is 255. The number of carbonyl (C=O) groups excluding carboxylic acids is 2. The first-order valence-corrected chi connectivity index (χ1v) is 7.67. The van der Waals surface area contributed by atoms with Crippen LogP contribution in [0.25, 0.3) is 0 Å². The van der Waals surface area contributed by atoms with Gasteiger partial charge in [-0.05, 0) is 5.75 Å². The highest BCUT2D eigenvalue weighted by atomic mass is 32.2. The van der Waals surface area contributed by atoms with Gasteiger partial charge in [-0.1, -0.05) is 6.92 Å². The first kappa shape index (κ1) is 13.7. The standard InChI is InChI=1S/C10H18N2O2S2/c1-3-15-6-9(11-8(2)13)10(14)12-4-5-16-7-12/h9H,3-7H2,1-2H3,(H,11,13). The zero-order valence-corrected chi connectivity index (χ0v) is 11.3. The molecule has 0 aromatic rings. The van der Waals surface area contributed by atoms with Crippen molar-refractivity contribution in [1.29, 1.82) is 0 Å². The summed E-state index contributed by atoms with van der Waals surface area (Å²) in [7, 11) is 0. The maximum atomic E-state index is 12.1. The Morgan fingerprint density at radius 1 is 1.56 bits per heavy atom. The minimum atomic E-state index is -0.360. The van der Waals surface area contributed by atoms with Crippen molar-refractivity contribution in [3.63, 3.8) is 0 Å². The van der Waals surface area contributed by atoms with Gasteiger partial charge in [0.2, 0.25) is 11.8 Å². The molecule has 1 aliphatic rings. The molecular formula is C10H18N2O2S2. The molecule has 1 saturated heterocycles. The lowest BCUT2D eigenvalue weighted by atomic mass is 10.3. The summed E-state index contributed by atoms with van der Waals surface area (Å²) in [5.74, 6) is 3.29. The fraction of sp³-hybridized carbons (Fsp3) is 0.800. The highest BCUT2D eigenvalue weighted by molar-refractivity contribution is 7.99. The molecule has 0 spiro atoms. The predicted molar refractivity (Wildman–Crippen MR) is 69.6 cm³/mol. The normalized spacial score (nSPS) is 17.2. The molecule has 6 heteroatoms. The number of carbonyl (C=O) groups is 2. The Kier molecular flexibility index (Phi) is 6.05. The van der Waals surface area contributed by atoms with E-state index in [1.165, 1.54) is 6.92 Å². The quantitative estimate of drug-likeness (QED) is 0.795. The van der Waals surface area contributed by atoms with Gasteiger partial charge < -0.3 is 10.2 Å². The Balaban J connectivity index is 2.51. The summed E-state index contributed by atoms with van der Waals surface area (Å²) in [4.78, 5) is 24.9. The van der Waals surface area contributed by atoms with Crippen molar-refractivity contribution in [2.24, 2.45) is 0 Å². The molecule has 0 saturated carbocycles. The first-order valence-electron chi connectivity index (χ1n) is 5.36. The van der Waals surface area contributed by atoms with E-state index in [1.54, 1.807) is 23.5 Å². The molecule has 0 aromatic carbocycles. The molecule has 2 amide bonds. The van der Waals surface area contributed by atoms with Gasteiger partial charge in [-0.25, -0.2) is 0 Å². The second-order valence-electron chi connectivity index (χ2n) is 3.55. The number of hydrogen-bond acceptors (Lipinski definition) is 4. The van der Waals surface area contributed by atoms with E-state index in [2.05, 4.69) is 5.32 Å². The third-order valence-corrected chi connectivity index (χ3v) is 4.17. The number of amides is 2. The number of rotatable bonds is 5. The first-order chi connectivity index (χ1) is 7.65. The predicted octanol–water partition coefficient (Wildman–Crippen LogP) is 0.777. The Morgan fingerprint density at radius 2 is 2.31 bits per heavy atom. The van der Waals surface area contributed by atoms with Gasteiger partial charge in [0.15, 0.2) is 0 Å². The largest absolute Gasteiger partial charge is 0.344 e. The SMILES string of the molecule is CCSCC(NC(C)=O)C(=O)N1CCSC1. The molecule has 0 aromatic heterocycles. The molecule has 0 aliphatic carbocycles. The smallest absolute Gasteiger partial charge is 0.246 e. The molecule has 1 rings (SSSR count). The van der Waals surface area contributed by atoms with Crippen LogP contribution in [0.4, 0.5) is 0 Å². The van der Waals surface area contributed by atoms with Crippen molar-refractivity contribution in [1.82, 2.24) is 10.2 Å². The van der Waals surface area contributed by atoms with Gasteiger partial charge in [-0.3, -0.25) is 9.59 Å². The summed E-state index contributed by atoms with van der Waals surface area (Å²) in [5.41, 5.74) is 0. The van der Waals surface area contributed by atoms with Crippen molar-refractivity contribution in [3.05, 3.63) is 0 Å². The van der Waals surface area contributed by atoms with Crippen LogP contribution in [0.2, 0.25) is 0 Å². The van der Waals surface area contributed by atoms with Crippen LogP contribution in [0.3, 0.4) is 0 Å². The molecule has 16 heavy (non-hydrogen) atoms. The van der Waals surface area contributed by atoms with Gasteiger partial charge in [0.25, 0.3) is 0 Å². The highest BCUT2D eigenvalue weighted by Gasteiger charge is 2.26. The van der Waals surface area contributed by atoms with Crippen LogP contribution in [-0.4, -0.2) is 52.4 Å². The topological polar surface area (TPSA) is 49.4 Å². The molecular weight excluding hydrogens is 244 g/mol. The zero-order valence-electron chi connectivity index (χ0n) is 9.69. The maximum Gasteiger partial charge on any atom is 0.246 e. The highest BCUT2D eigenvalue weighted by Crippen LogP contribution is 2.15. The Labute approximate surface area is 105 Å². The lowest BCUT2D eigenvalue weighted by Gasteiger charge is -2.22. The van der Waals surface area contributed by atoms with Gasteiger partial charge in [0.05, 0.1) is 5.88 Å². The van der Waals surface area contributed by atoms with Crippen LogP contribution in [0.5, 0.6) is 0 Å². The number of hydrogen-bond donors (Lipinski definition) is 1. The molecule has 1 aliphatic heterocycles. The molecule has 0 radical (unpaired) electrons. The van der Waals surface area contributed by atoms with Crippen LogP contribution in [0.1, 0.15) is 13.8 Å². The summed E-state index contributed by atoms with van der Waals surface area (Å²) in [6, 6.07) is -0.360. The van der Waals surface area contributed by atoms with Crippen molar-refractivity contribution >= 4 is 35.3 Å². The van der Waals surface area contributed by atoms with Crippen molar-refractivity contribution < 1.29 is 9.59 Å². The molecule has 1 heterocycles. The third kappa shape index (κ3) is 4.25. The van der Waals surface area contributed by atoms with Crippen molar-refractivity contribution in [3.8, 4) is 0 Å². The van der Waals surface area contributed by atoms with Crippen LogP contribution in [0, 0.1) is 0 Å². The van der Waals surface area contributed by atoms with E-state index in [-0.39, 0.29) is 17.9 Å².